The minimum Gasteiger partial charge on any atom is -0.490 e. The first-order valence-electron chi connectivity index (χ1n) is 5.89. The first-order valence-corrected chi connectivity index (χ1v) is 5.89. The van der Waals surface area contributed by atoms with Crippen LogP contribution in [-0.4, -0.2) is 42.2 Å². The third-order valence-electron chi connectivity index (χ3n) is 3.22. The SMILES string of the molecule is Cc1cccc(C(=O)O)c1OCC(C)(C)N(C)C. The minimum atomic E-state index is -0.962. The van der Waals surface area contributed by atoms with Crippen LogP contribution >= 0.6 is 0 Å². The predicted molar refractivity (Wildman–Crippen MR) is 71.4 cm³/mol. The Kier molecular flexibility index (Phi) is 4.35. The molecule has 1 aromatic rings. The number of rotatable bonds is 5. The molecular weight excluding hydrogens is 230 g/mol. The summed E-state index contributed by atoms with van der Waals surface area (Å²) in [6.07, 6.45) is 0. The molecule has 4 nitrogen and oxygen atoms in total. The van der Waals surface area contributed by atoms with Gasteiger partial charge in [0.1, 0.15) is 17.9 Å². The molecule has 0 unspecified atom stereocenters. The number of ether oxygens (including phenoxy) is 1. The quantitative estimate of drug-likeness (QED) is 0.873. The minimum absolute atomic E-state index is 0.155. The van der Waals surface area contributed by atoms with E-state index in [9.17, 15) is 4.79 Å². The number of carboxylic acids is 1. The molecule has 100 valence electrons. The fourth-order valence-corrected chi connectivity index (χ4v) is 1.39. The van der Waals surface area contributed by atoms with E-state index < -0.39 is 5.97 Å². The van der Waals surface area contributed by atoms with Crippen LogP contribution in [0.2, 0.25) is 0 Å². The van der Waals surface area contributed by atoms with Crippen molar-refractivity contribution in [3.05, 3.63) is 29.3 Å². The molecule has 0 aromatic heterocycles. The van der Waals surface area contributed by atoms with Gasteiger partial charge in [0.25, 0.3) is 0 Å². The topological polar surface area (TPSA) is 49.8 Å². The van der Waals surface area contributed by atoms with Gasteiger partial charge in [-0.2, -0.15) is 0 Å². The lowest BCUT2D eigenvalue weighted by Gasteiger charge is -2.32. The third-order valence-corrected chi connectivity index (χ3v) is 3.22. The molecule has 0 saturated heterocycles. The van der Waals surface area contributed by atoms with Gasteiger partial charge in [-0.25, -0.2) is 4.79 Å². The average molecular weight is 251 g/mol. The van der Waals surface area contributed by atoms with Crippen molar-refractivity contribution < 1.29 is 14.6 Å². The highest BCUT2D eigenvalue weighted by molar-refractivity contribution is 5.91. The number of nitrogens with zero attached hydrogens (tertiary/aromatic N) is 1. The van der Waals surface area contributed by atoms with Crippen LogP contribution in [-0.2, 0) is 0 Å². The monoisotopic (exact) mass is 251 g/mol. The maximum atomic E-state index is 11.1. The van der Waals surface area contributed by atoms with Gasteiger partial charge in [-0.15, -0.1) is 0 Å². The van der Waals surface area contributed by atoms with E-state index in [1.807, 2.05) is 45.8 Å². The molecule has 1 rings (SSSR count). The zero-order valence-corrected chi connectivity index (χ0v) is 11.7. The van der Waals surface area contributed by atoms with E-state index in [0.29, 0.717) is 12.4 Å². The van der Waals surface area contributed by atoms with Gasteiger partial charge in [0.15, 0.2) is 0 Å². The number of carboxylic acid groups (broad SMARTS) is 1. The summed E-state index contributed by atoms with van der Waals surface area (Å²) in [5, 5.41) is 9.14. The second-order valence-corrected chi connectivity index (χ2v) is 5.25. The number of hydrogen-bond acceptors (Lipinski definition) is 3. The molecule has 0 saturated carbocycles. The predicted octanol–water partition coefficient (Wildman–Crippen LogP) is 2.41. The van der Waals surface area contributed by atoms with Crippen molar-refractivity contribution in [3.8, 4) is 5.75 Å². The van der Waals surface area contributed by atoms with Crippen molar-refractivity contribution in [1.29, 1.82) is 0 Å². The number of aromatic carboxylic acids is 1. The first-order chi connectivity index (χ1) is 8.25. The number of benzene rings is 1. The maximum Gasteiger partial charge on any atom is 0.339 e. The molecule has 0 amide bonds. The van der Waals surface area contributed by atoms with Gasteiger partial charge in [-0.3, -0.25) is 0 Å². The number of aryl methyl sites for hydroxylation is 1. The summed E-state index contributed by atoms with van der Waals surface area (Å²) < 4.78 is 5.73. The van der Waals surface area contributed by atoms with Gasteiger partial charge in [-0.05, 0) is 46.5 Å². The van der Waals surface area contributed by atoms with E-state index in [1.54, 1.807) is 12.1 Å². The zero-order chi connectivity index (χ0) is 13.9. The molecule has 0 bridgehead atoms. The molecule has 1 aromatic carbocycles. The standard InChI is InChI=1S/C14H21NO3/c1-10-7-6-8-11(13(16)17)12(10)18-9-14(2,3)15(4)5/h6-8H,9H2,1-5H3,(H,16,17). The van der Waals surface area contributed by atoms with Gasteiger partial charge < -0.3 is 14.7 Å². The second kappa shape index (κ2) is 5.40. The zero-order valence-electron chi connectivity index (χ0n) is 11.7. The normalized spacial score (nSPS) is 11.7. The Balaban J connectivity index is 2.95. The van der Waals surface area contributed by atoms with Crippen LogP contribution in [0.15, 0.2) is 18.2 Å². The fourth-order valence-electron chi connectivity index (χ4n) is 1.39. The molecule has 0 aliphatic rings. The molecule has 18 heavy (non-hydrogen) atoms. The van der Waals surface area contributed by atoms with Crippen molar-refractivity contribution in [2.75, 3.05) is 20.7 Å². The summed E-state index contributed by atoms with van der Waals surface area (Å²) in [5.41, 5.74) is 0.895. The van der Waals surface area contributed by atoms with Crippen LogP contribution in [0.5, 0.6) is 5.75 Å². The van der Waals surface area contributed by atoms with Gasteiger partial charge >= 0.3 is 5.97 Å². The van der Waals surface area contributed by atoms with Crippen molar-refractivity contribution >= 4 is 5.97 Å². The summed E-state index contributed by atoms with van der Waals surface area (Å²) in [7, 11) is 3.94. The Morgan fingerprint density at radius 1 is 1.39 bits per heavy atom. The van der Waals surface area contributed by atoms with Crippen LogP contribution in [0.3, 0.4) is 0 Å². The molecule has 1 N–H and O–H groups in total. The Bertz CT molecular complexity index is 439. The van der Waals surface area contributed by atoms with Crippen LogP contribution in [0, 0.1) is 6.92 Å². The molecule has 4 heteroatoms. The molecule has 0 radical (unpaired) electrons. The summed E-state index contributed by atoms with van der Waals surface area (Å²) in [6.45, 7) is 6.38. The van der Waals surface area contributed by atoms with Crippen LogP contribution in [0.1, 0.15) is 29.8 Å². The molecule has 0 atom stereocenters. The van der Waals surface area contributed by atoms with Gasteiger partial charge in [-0.1, -0.05) is 12.1 Å². The van der Waals surface area contributed by atoms with Crippen molar-refractivity contribution in [2.24, 2.45) is 0 Å². The lowest BCUT2D eigenvalue weighted by molar-refractivity contribution is 0.0684. The smallest absolute Gasteiger partial charge is 0.339 e. The Morgan fingerprint density at radius 2 is 2.00 bits per heavy atom. The molecule has 0 fully saturated rings. The second-order valence-electron chi connectivity index (χ2n) is 5.25. The maximum absolute atomic E-state index is 11.1. The van der Waals surface area contributed by atoms with E-state index in [0.717, 1.165) is 5.56 Å². The van der Waals surface area contributed by atoms with Gasteiger partial charge in [0, 0.05) is 5.54 Å². The van der Waals surface area contributed by atoms with Crippen LogP contribution in [0.25, 0.3) is 0 Å². The third kappa shape index (κ3) is 3.23. The van der Waals surface area contributed by atoms with Crippen molar-refractivity contribution in [1.82, 2.24) is 4.90 Å². The summed E-state index contributed by atoms with van der Waals surface area (Å²) >= 11 is 0. The van der Waals surface area contributed by atoms with Crippen molar-refractivity contribution in [2.45, 2.75) is 26.3 Å². The highest BCUT2D eigenvalue weighted by Gasteiger charge is 2.23. The summed E-state index contributed by atoms with van der Waals surface area (Å²) in [5.74, 6) is -0.503. The van der Waals surface area contributed by atoms with E-state index in [2.05, 4.69) is 0 Å². The Hall–Kier alpha value is -1.55. The van der Waals surface area contributed by atoms with Gasteiger partial charge in [0.2, 0.25) is 0 Å². The van der Waals surface area contributed by atoms with Crippen LogP contribution < -0.4 is 4.74 Å². The lowest BCUT2D eigenvalue weighted by atomic mass is 10.1. The van der Waals surface area contributed by atoms with E-state index in [1.165, 1.54) is 0 Å². The van der Waals surface area contributed by atoms with E-state index in [4.69, 9.17) is 9.84 Å². The number of hydrogen-bond donors (Lipinski definition) is 1. The molecule has 0 aliphatic heterocycles. The van der Waals surface area contributed by atoms with E-state index in [-0.39, 0.29) is 11.1 Å². The fraction of sp³-hybridized carbons (Fsp3) is 0.500. The largest absolute Gasteiger partial charge is 0.490 e. The Labute approximate surface area is 108 Å². The summed E-state index contributed by atoms with van der Waals surface area (Å²) in [4.78, 5) is 13.2. The van der Waals surface area contributed by atoms with Crippen molar-refractivity contribution in [3.63, 3.8) is 0 Å². The highest BCUT2D eigenvalue weighted by Crippen LogP contribution is 2.25. The number of likely N-dealkylation sites (N-methyl/N-ethyl adjacent to an activating group) is 1. The number of carbonyl (C=O) groups is 1. The highest BCUT2D eigenvalue weighted by atomic mass is 16.5. The van der Waals surface area contributed by atoms with Crippen LogP contribution in [0.4, 0.5) is 0 Å². The number of para-hydroxylation sites is 1. The molecule has 0 aliphatic carbocycles. The van der Waals surface area contributed by atoms with E-state index >= 15 is 0 Å². The first kappa shape index (κ1) is 14.5. The lowest BCUT2D eigenvalue weighted by Crippen LogP contribution is -2.43. The average Bonchev–Trinajstić information content (AvgIpc) is 2.26. The molecule has 0 heterocycles. The summed E-state index contributed by atoms with van der Waals surface area (Å²) in [6, 6.07) is 5.14. The molecular formula is C14H21NO3. The Morgan fingerprint density at radius 3 is 2.50 bits per heavy atom. The van der Waals surface area contributed by atoms with Gasteiger partial charge in [0.05, 0.1) is 0 Å². The molecule has 0 spiro atoms.